The molecule has 0 aromatic carbocycles. The Hall–Kier alpha value is -0.0800. The Morgan fingerprint density at radius 1 is 1.60 bits per heavy atom. The molecule has 1 heterocycles. The van der Waals surface area contributed by atoms with E-state index in [9.17, 15) is 0 Å². The van der Waals surface area contributed by atoms with Gasteiger partial charge in [0, 0.05) is 6.42 Å². The van der Waals surface area contributed by atoms with Crippen LogP contribution in [0.3, 0.4) is 0 Å². The van der Waals surface area contributed by atoms with E-state index in [1.807, 2.05) is 0 Å². The molecule has 1 unspecified atom stereocenters. The average molecular weight is 144 g/mol. The minimum absolute atomic E-state index is 0.483. The third kappa shape index (κ3) is 2.27. The van der Waals surface area contributed by atoms with E-state index in [0.29, 0.717) is 5.92 Å². The lowest BCUT2D eigenvalue weighted by Crippen LogP contribution is -2.04. The Morgan fingerprint density at radius 2 is 2.30 bits per heavy atom. The van der Waals surface area contributed by atoms with Crippen LogP contribution in [0.2, 0.25) is 0 Å². The molecule has 10 heavy (non-hydrogen) atoms. The van der Waals surface area contributed by atoms with Crippen LogP contribution < -0.4 is 0 Å². The van der Waals surface area contributed by atoms with Crippen LogP contribution in [-0.2, 0) is 4.74 Å². The standard InChI is InChI=1S/C8H16O2/c1-6(2)3-7-4-8(9)10-5-7/h6-9H,3-5H2,1-2H3/t7-,8?/m0/s1. The maximum atomic E-state index is 8.99. The first-order valence-corrected chi connectivity index (χ1v) is 3.98. The van der Waals surface area contributed by atoms with Crippen molar-refractivity contribution in [3.05, 3.63) is 0 Å². The Morgan fingerprint density at radius 3 is 2.70 bits per heavy atom. The van der Waals surface area contributed by atoms with Gasteiger partial charge < -0.3 is 9.84 Å². The van der Waals surface area contributed by atoms with Gasteiger partial charge in [0.05, 0.1) is 6.61 Å². The Bertz CT molecular complexity index is 101. The van der Waals surface area contributed by atoms with Gasteiger partial charge in [-0.1, -0.05) is 13.8 Å². The molecule has 1 aliphatic rings. The first-order valence-electron chi connectivity index (χ1n) is 3.98. The van der Waals surface area contributed by atoms with Gasteiger partial charge in [0.15, 0.2) is 6.29 Å². The highest BCUT2D eigenvalue weighted by molar-refractivity contribution is 4.67. The predicted octanol–water partition coefficient (Wildman–Crippen LogP) is 1.39. The Labute approximate surface area is 62.2 Å². The van der Waals surface area contributed by atoms with Gasteiger partial charge in [0.2, 0.25) is 0 Å². The van der Waals surface area contributed by atoms with Crippen LogP contribution in [0.1, 0.15) is 26.7 Å². The lowest BCUT2D eigenvalue weighted by molar-refractivity contribution is -0.0591. The summed E-state index contributed by atoms with van der Waals surface area (Å²) >= 11 is 0. The Kier molecular flexibility index (Phi) is 2.69. The van der Waals surface area contributed by atoms with Gasteiger partial charge in [0.1, 0.15) is 0 Å². The maximum absolute atomic E-state index is 8.99. The fraction of sp³-hybridized carbons (Fsp3) is 1.00. The van der Waals surface area contributed by atoms with E-state index in [-0.39, 0.29) is 0 Å². The van der Waals surface area contributed by atoms with Crippen LogP contribution >= 0.6 is 0 Å². The number of hydrogen-bond acceptors (Lipinski definition) is 2. The van der Waals surface area contributed by atoms with Crippen LogP contribution in [-0.4, -0.2) is 18.0 Å². The second-order valence-electron chi connectivity index (χ2n) is 3.52. The van der Waals surface area contributed by atoms with Gasteiger partial charge in [-0.3, -0.25) is 0 Å². The van der Waals surface area contributed by atoms with E-state index in [4.69, 9.17) is 9.84 Å². The van der Waals surface area contributed by atoms with Crippen molar-refractivity contribution >= 4 is 0 Å². The molecule has 0 bridgehead atoms. The molecule has 0 aromatic rings. The topological polar surface area (TPSA) is 29.5 Å². The maximum Gasteiger partial charge on any atom is 0.154 e. The van der Waals surface area contributed by atoms with E-state index >= 15 is 0 Å². The van der Waals surface area contributed by atoms with Crippen molar-refractivity contribution in [1.82, 2.24) is 0 Å². The van der Waals surface area contributed by atoms with Crippen LogP contribution in [0.5, 0.6) is 0 Å². The summed E-state index contributed by atoms with van der Waals surface area (Å²) in [5.74, 6) is 1.31. The number of aliphatic hydroxyl groups is 1. The third-order valence-electron chi connectivity index (χ3n) is 1.86. The summed E-state index contributed by atoms with van der Waals surface area (Å²) in [6.45, 7) is 5.15. The predicted molar refractivity (Wildman–Crippen MR) is 39.5 cm³/mol. The van der Waals surface area contributed by atoms with Crippen LogP contribution in [0.25, 0.3) is 0 Å². The van der Waals surface area contributed by atoms with Crippen molar-refractivity contribution in [2.45, 2.75) is 33.0 Å². The fourth-order valence-corrected chi connectivity index (χ4v) is 1.50. The highest BCUT2D eigenvalue weighted by Gasteiger charge is 2.23. The summed E-state index contributed by atoms with van der Waals surface area (Å²) in [5, 5.41) is 8.99. The van der Waals surface area contributed by atoms with Crippen LogP contribution in [0, 0.1) is 11.8 Å². The fourth-order valence-electron chi connectivity index (χ4n) is 1.50. The monoisotopic (exact) mass is 144 g/mol. The zero-order chi connectivity index (χ0) is 7.56. The summed E-state index contributed by atoms with van der Waals surface area (Å²) < 4.78 is 5.02. The summed E-state index contributed by atoms with van der Waals surface area (Å²) in [6, 6.07) is 0. The largest absolute Gasteiger partial charge is 0.368 e. The molecule has 0 saturated carbocycles. The minimum atomic E-state index is -0.483. The molecule has 2 heteroatoms. The van der Waals surface area contributed by atoms with Crippen molar-refractivity contribution in [1.29, 1.82) is 0 Å². The van der Waals surface area contributed by atoms with Gasteiger partial charge in [-0.05, 0) is 18.3 Å². The van der Waals surface area contributed by atoms with Gasteiger partial charge in [-0.25, -0.2) is 0 Å². The molecule has 1 rings (SSSR count). The molecule has 1 N–H and O–H groups in total. The molecule has 1 fully saturated rings. The van der Waals surface area contributed by atoms with Crippen LogP contribution in [0.15, 0.2) is 0 Å². The summed E-state index contributed by atoms with van der Waals surface area (Å²) in [4.78, 5) is 0. The average Bonchev–Trinajstić information content (AvgIpc) is 2.13. The van der Waals surface area contributed by atoms with Crippen molar-refractivity contribution in [2.75, 3.05) is 6.61 Å². The summed E-state index contributed by atoms with van der Waals surface area (Å²) in [6.07, 6.45) is 1.53. The van der Waals surface area contributed by atoms with Crippen molar-refractivity contribution in [3.8, 4) is 0 Å². The van der Waals surface area contributed by atoms with Gasteiger partial charge in [-0.2, -0.15) is 0 Å². The zero-order valence-corrected chi connectivity index (χ0v) is 6.71. The van der Waals surface area contributed by atoms with Crippen molar-refractivity contribution < 1.29 is 9.84 Å². The molecular weight excluding hydrogens is 128 g/mol. The normalized spacial score (nSPS) is 33.6. The van der Waals surface area contributed by atoms with E-state index in [1.54, 1.807) is 0 Å². The zero-order valence-electron chi connectivity index (χ0n) is 6.71. The van der Waals surface area contributed by atoms with E-state index < -0.39 is 6.29 Å². The van der Waals surface area contributed by atoms with E-state index in [2.05, 4.69) is 13.8 Å². The smallest absolute Gasteiger partial charge is 0.154 e. The van der Waals surface area contributed by atoms with Crippen molar-refractivity contribution in [3.63, 3.8) is 0 Å². The molecule has 0 amide bonds. The second-order valence-corrected chi connectivity index (χ2v) is 3.52. The molecule has 1 saturated heterocycles. The summed E-state index contributed by atoms with van der Waals surface area (Å²) in [5.41, 5.74) is 0. The second kappa shape index (κ2) is 3.35. The molecule has 1 aliphatic heterocycles. The van der Waals surface area contributed by atoms with Gasteiger partial charge in [0.25, 0.3) is 0 Å². The first kappa shape index (κ1) is 8.02. The van der Waals surface area contributed by atoms with Crippen molar-refractivity contribution in [2.24, 2.45) is 11.8 Å². The van der Waals surface area contributed by atoms with Crippen LogP contribution in [0.4, 0.5) is 0 Å². The van der Waals surface area contributed by atoms with Gasteiger partial charge in [-0.15, -0.1) is 0 Å². The van der Waals surface area contributed by atoms with E-state index in [0.717, 1.165) is 18.9 Å². The molecule has 0 aliphatic carbocycles. The molecular formula is C8H16O2. The molecule has 2 atom stereocenters. The summed E-state index contributed by atoms with van der Waals surface area (Å²) in [7, 11) is 0. The highest BCUT2D eigenvalue weighted by atomic mass is 16.6. The number of ether oxygens (including phenoxy) is 1. The molecule has 60 valence electrons. The third-order valence-corrected chi connectivity index (χ3v) is 1.86. The highest BCUT2D eigenvalue weighted by Crippen LogP contribution is 2.23. The minimum Gasteiger partial charge on any atom is -0.368 e. The van der Waals surface area contributed by atoms with Gasteiger partial charge >= 0.3 is 0 Å². The molecule has 0 radical (unpaired) electrons. The number of hydrogen-bond donors (Lipinski definition) is 1. The SMILES string of the molecule is CC(C)C[C@@H]1COC(O)C1. The molecule has 0 aromatic heterocycles. The lowest BCUT2D eigenvalue weighted by atomic mass is 9.96. The first-order chi connectivity index (χ1) is 4.68. The number of aliphatic hydroxyl groups excluding tert-OH is 1. The quantitative estimate of drug-likeness (QED) is 0.634. The lowest BCUT2D eigenvalue weighted by Gasteiger charge is -2.08. The molecule has 2 nitrogen and oxygen atoms in total. The van der Waals surface area contributed by atoms with E-state index in [1.165, 1.54) is 6.42 Å². The Balaban J connectivity index is 2.18. The number of rotatable bonds is 2. The molecule has 0 spiro atoms.